The molecule has 0 aliphatic rings. The maximum Gasteiger partial charge on any atom is 0.128 e. The van der Waals surface area contributed by atoms with Crippen molar-refractivity contribution in [2.24, 2.45) is 0 Å². The first-order valence-corrected chi connectivity index (χ1v) is 2.33. The van der Waals surface area contributed by atoms with Crippen LogP contribution in [-0.4, -0.2) is 14.1 Å². The Bertz CT molecular complexity index is 14.4. The van der Waals surface area contributed by atoms with Crippen LogP contribution in [-0.2, 0) is 0 Å². The molecular formula is C3H9BS. The van der Waals surface area contributed by atoms with Crippen LogP contribution >= 0.6 is 12.6 Å². The van der Waals surface area contributed by atoms with E-state index in [1.165, 1.54) is 0 Å². The summed E-state index contributed by atoms with van der Waals surface area (Å²) < 4.78 is 0. The van der Waals surface area contributed by atoms with Gasteiger partial charge in [0.2, 0.25) is 0 Å². The minimum Gasteiger partial charge on any atom is -0.183 e. The van der Waals surface area contributed by atoms with E-state index in [4.69, 9.17) is 0 Å². The lowest BCUT2D eigenvalue weighted by atomic mass is 10.2. The highest BCUT2D eigenvalue weighted by molar-refractivity contribution is 7.79. The van der Waals surface area contributed by atoms with E-state index in [1.54, 1.807) is 12.2 Å². The van der Waals surface area contributed by atoms with Gasteiger partial charge in [0.1, 0.15) is 7.85 Å². The van der Waals surface area contributed by atoms with Crippen LogP contribution in [0.15, 0.2) is 12.6 Å². The Hall–Kier alpha value is 0.155. The summed E-state index contributed by atoms with van der Waals surface area (Å²) in [6.45, 7) is 3.36. The predicted molar refractivity (Wildman–Crippen MR) is 33.7 cm³/mol. The fraction of sp³-hybridized carbons (Fsp3) is 0.333. The molecule has 30 valence electrons. The zero-order valence-corrected chi connectivity index (χ0v) is 4.63. The summed E-state index contributed by atoms with van der Waals surface area (Å²) in [5.74, 6) is 1.75. The standard InChI is InChI=1S/C2H5B.CH4S/c1-2-3;1-2/h2H,1,3H2;2H,1H3. The van der Waals surface area contributed by atoms with Crippen molar-refractivity contribution in [1.29, 1.82) is 0 Å². The van der Waals surface area contributed by atoms with Crippen LogP contribution in [0.25, 0.3) is 0 Å². The molecule has 0 aromatic heterocycles. The molecule has 0 aromatic rings. The van der Waals surface area contributed by atoms with Gasteiger partial charge in [0.25, 0.3) is 0 Å². The second-order valence-electron chi connectivity index (χ2n) is 0.408. The van der Waals surface area contributed by atoms with E-state index in [9.17, 15) is 0 Å². The molecule has 0 atom stereocenters. The number of hydrogen-bond donors (Lipinski definition) is 1. The van der Waals surface area contributed by atoms with Crippen LogP contribution < -0.4 is 0 Å². The summed E-state index contributed by atoms with van der Waals surface area (Å²) in [5, 5.41) is 0. The van der Waals surface area contributed by atoms with E-state index in [1.807, 2.05) is 7.85 Å². The van der Waals surface area contributed by atoms with Gasteiger partial charge in [0.15, 0.2) is 0 Å². The van der Waals surface area contributed by atoms with Crippen molar-refractivity contribution in [3.05, 3.63) is 12.6 Å². The minimum atomic E-state index is 1.69. The summed E-state index contributed by atoms with van der Waals surface area (Å²) in [6.07, 6.45) is 1.69. The molecule has 0 nitrogen and oxygen atoms in total. The molecule has 0 aliphatic heterocycles. The third-order valence-electron chi connectivity index (χ3n) is 0. The SMILES string of the molecule is BC=C.CS. The molecule has 0 spiro atoms. The van der Waals surface area contributed by atoms with E-state index in [2.05, 4.69) is 19.2 Å². The van der Waals surface area contributed by atoms with Gasteiger partial charge in [-0.05, 0) is 6.26 Å². The van der Waals surface area contributed by atoms with Gasteiger partial charge in [-0.2, -0.15) is 12.6 Å². The van der Waals surface area contributed by atoms with E-state index >= 15 is 0 Å². The van der Waals surface area contributed by atoms with Gasteiger partial charge < -0.3 is 0 Å². The van der Waals surface area contributed by atoms with E-state index in [0.717, 1.165) is 0 Å². The molecular weight excluding hydrogens is 78.9 g/mol. The third-order valence-corrected chi connectivity index (χ3v) is 0. The quantitative estimate of drug-likeness (QED) is 0.319. The fourth-order valence-electron chi connectivity index (χ4n) is 0. The highest BCUT2D eigenvalue weighted by Crippen LogP contribution is 1.31. The first-order chi connectivity index (χ1) is 2.41. The van der Waals surface area contributed by atoms with Crippen LogP contribution in [0.4, 0.5) is 0 Å². The first-order valence-electron chi connectivity index (χ1n) is 1.43. The van der Waals surface area contributed by atoms with E-state index in [0.29, 0.717) is 0 Å². The monoisotopic (exact) mass is 88.1 g/mol. The topological polar surface area (TPSA) is 0 Å². The highest BCUT2D eigenvalue weighted by atomic mass is 32.1. The Morgan fingerprint density at radius 2 is 1.80 bits per heavy atom. The van der Waals surface area contributed by atoms with Gasteiger partial charge in [-0.1, -0.05) is 0 Å². The average molecular weight is 88.0 g/mol. The zero-order chi connectivity index (χ0) is 4.71. The Labute approximate surface area is 40.1 Å². The molecule has 5 heavy (non-hydrogen) atoms. The summed E-state index contributed by atoms with van der Waals surface area (Å²) in [4.78, 5) is 0. The van der Waals surface area contributed by atoms with Crippen LogP contribution in [0.1, 0.15) is 0 Å². The molecule has 0 bridgehead atoms. The summed E-state index contributed by atoms with van der Waals surface area (Å²) in [7, 11) is 1.89. The summed E-state index contributed by atoms with van der Waals surface area (Å²) in [6, 6.07) is 0. The zero-order valence-electron chi connectivity index (χ0n) is 3.73. The van der Waals surface area contributed by atoms with E-state index < -0.39 is 0 Å². The molecule has 0 heterocycles. The Kier molecular flexibility index (Phi) is 55.4. The summed E-state index contributed by atoms with van der Waals surface area (Å²) >= 11 is 3.53. The third kappa shape index (κ3) is 804. The largest absolute Gasteiger partial charge is 0.183 e. The van der Waals surface area contributed by atoms with Gasteiger partial charge in [-0.25, -0.2) is 0 Å². The molecule has 0 aromatic carbocycles. The van der Waals surface area contributed by atoms with Crippen LogP contribution in [0.2, 0.25) is 0 Å². The Morgan fingerprint density at radius 3 is 1.80 bits per heavy atom. The first kappa shape index (κ1) is 8.94. The van der Waals surface area contributed by atoms with Crippen molar-refractivity contribution in [2.45, 2.75) is 0 Å². The van der Waals surface area contributed by atoms with Gasteiger partial charge in [-0.3, -0.25) is 0 Å². The molecule has 0 N–H and O–H groups in total. The van der Waals surface area contributed by atoms with Crippen molar-refractivity contribution in [1.82, 2.24) is 0 Å². The second-order valence-corrected chi connectivity index (χ2v) is 0.408. The van der Waals surface area contributed by atoms with Crippen molar-refractivity contribution in [2.75, 3.05) is 6.26 Å². The van der Waals surface area contributed by atoms with Crippen LogP contribution in [0.3, 0.4) is 0 Å². The average Bonchev–Trinajstić information content (AvgIpc) is 1.46. The van der Waals surface area contributed by atoms with E-state index in [-0.39, 0.29) is 0 Å². The highest BCUT2D eigenvalue weighted by Gasteiger charge is 1.19. The Morgan fingerprint density at radius 1 is 1.80 bits per heavy atom. The maximum absolute atomic E-state index is 3.53. The number of thiol groups is 1. The van der Waals surface area contributed by atoms with Crippen LogP contribution in [0.5, 0.6) is 0 Å². The normalized spacial score (nSPS) is 3.60. The van der Waals surface area contributed by atoms with Crippen molar-refractivity contribution >= 4 is 20.5 Å². The van der Waals surface area contributed by atoms with Crippen molar-refractivity contribution in [3.8, 4) is 0 Å². The lowest BCUT2D eigenvalue weighted by Gasteiger charge is -1.27. The molecule has 0 saturated carbocycles. The minimum absolute atomic E-state index is 1.69. The summed E-state index contributed by atoms with van der Waals surface area (Å²) in [5.41, 5.74) is 0. The Balaban J connectivity index is 0. The van der Waals surface area contributed by atoms with Gasteiger partial charge in [-0.15, -0.1) is 12.6 Å². The van der Waals surface area contributed by atoms with Gasteiger partial charge >= 0.3 is 0 Å². The maximum atomic E-state index is 3.53. The molecule has 0 aliphatic carbocycles. The smallest absolute Gasteiger partial charge is 0.128 e. The van der Waals surface area contributed by atoms with Gasteiger partial charge in [0, 0.05) is 0 Å². The molecule has 0 fully saturated rings. The van der Waals surface area contributed by atoms with Gasteiger partial charge in [0.05, 0.1) is 0 Å². The molecule has 2 heteroatoms. The molecule has 0 unspecified atom stereocenters. The lowest BCUT2D eigenvalue weighted by molar-refractivity contribution is 2.55. The fourth-order valence-corrected chi connectivity index (χ4v) is 0. The number of hydrogen-bond acceptors (Lipinski definition) is 1. The number of rotatable bonds is 0. The molecule has 0 amide bonds. The second kappa shape index (κ2) is 31.0. The predicted octanol–water partition coefficient (Wildman–Crippen LogP) is 0.309. The molecule has 0 rings (SSSR count). The van der Waals surface area contributed by atoms with Crippen molar-refractivity contribution in [3.63, 3.8) is 0 Å². The lowest BCUT2D eigenvalue weighted by Crippen LogP contribution is -1.29. The molecule has 0 saturated heterocycles. The van der Waals surface area contributed by atoms with Crippen molar-refractivity contribution < 1.29 is 0 Å². The molecule has 0 radical (unpaired) electrons. The van der Waals surface area contributed by atoms with Crippen LogP contribution in [0, 0.1) is 0 Å².